The van der Waals surface area contributed by atoms with Crippen LogP contribution in [0, 0.1) is 0 Å². The lowest BCUT2D eigenvalue weighted by Gasteiger charge is -2.35. The quantitative estimate of drug-likeness (QED) is 0.855. The van der Waals surface area contributed by atoms with Gasteiger partial charge in [-0.05, 0) is 51.4 Å². The summed E-state index contributed by atoms with van der Waals surface area (Å²) in [6.07, 6.45) is 14.7. The van der Waals surface area contributed by atoms with E-state index >= 15 is 0 Å². The number of aromatic nitrogens is 3. The number of likely N-dealkylation sites (tertiary alicyclic amines) is 1. The summed E-state index contributed by atoms with van der Waals surface area (Å²) in [6, 6.07) is 0.328. The number of carbonyl (C=O) groups is 1. The van der Waals surface area contributed by atoms with Gasteiger partial charge in [0.05, 0.1) is 12.0 Å². The van der Waals surface area contributed by atoms with E-state index in [1.54, 1.807) is 11.3 Å². The van der Waals surface area contributed by atoms with Gasteiger partial charge in [-0.1, -0.05) is 0 Å². The molecule has 2 aliphatic rings. The highest BCUT2D eigenvalue weighted by atomic mass is 32.1. The number of fused-ring (bicyclic) bond motifs is 1. The summed E-state index contributed by atoms with van der Waals surface area (Å²) >= 11 is 1.64. The van der Waals surface area contributed by atoms with Gasteiger partial charge in [0, 0.05) is 36.4 Å². The molecule has 5 nitrogen and oxygen atoms in total. The number of carbonyl (C=O) groups excluding carboxylic acids is 1. The second kappa shape index (κ2) is 7.05. The second-order valence-electron chi connectivity index (χ2n) is 6.83. The molecule has 0 N–H and O–H groups in total. The van der Waals surface area contributed by atoms with Crippen LogP contribution in [-0.2, 0) is 19.4 Å². The molecule has 0 unspecified atom stereocenters. The lowest BCUT2D eigenvalue weighted by molar-refractivity contribution is 0.0595. The molecule has 0 radical (unpaired) electrons. The van der Waals surface area contributed by atoms with Gasteiger partial charge >= 0.3 is 0 Å². The van der Waals surface area contributed by atoms with Crippen LogP contribution in [0.3, 0.4) is 0 Å². The van der Waals surface area contributed by atoms with Crippen molar-refractivity contribution < 1.29 is 4.79 Å². The molecule has 3 heterocycles. The van der Waals surface area contributed by atoms with Crippen LogP contribution < -0.4 is 0 Å². The third kappa shape index (κ3) is 3.24. The molecule has 1 aliphatic heterocycles. The number of thiazole rings is 1. The number of rotatable bonds is 4. The fraction of sp³-hybridized carbons (Fsp3) is 0.611. The molecule has 1 amide bonds. The smallest absolute Gasteiger partial charge is 0.283 e. The monoisotopic (exact) mass is 344 g/mol. The summed E-state index contributed by atoms with van der Waals surface area (Å²) < 4.78 is 2.10. The van der Waals surface area contributed by atoms with E-state index in [2.05, 4.69) is 19.4 Å². The van der Waals surface area contributed by atoms with Gasteiger partial charge in [-0.3, -0.25) is 4.79 Å². The Morgan fingerprint density at radius 1 is 1.25 bits per heavy atom. The van der Waals surface area contributed by atoms with Crippen molar-refractivity contribution in [1.29, 1.82) is 0 Å². The maximum Gasteiger partial charge on any atom is 0.283 e. The van der Waals surface area contributed by atoms with Crippen molar-refractivity contribution in [3.8, 4) is 0 Å². The Morgan fingerprint density at radius 3 is 3.00 bits per heavy atom. The summed E-state index contributed by atoms with van der Waals surface area (Å²) in [5.74, 6) is 0.157. The SMILES string of the molecule is O=C(c1nc2c(s1)CCCC2)N1CCCC[C@@H]1CCn1ccnc1. The highest BCUT2D eigenvalue weighted by molar-refractivity contribution is 7.13. The molecule has 2 aromatic rings. The Hall–Kier alpha value is -1.69. The summed E-state index contributed by atoms with van der Waals surface area (Å²) in [5, 5.41) is 0.719. The van der Waals surface area contributed by atoms with E-state index in [9.17, 15) is 4.79 Å². The lowest BCUT2D eigenvalue weighted by atomic mass is 9.99. The third-order valence-electron chi connectivity index (χ3n) is 5.20. The van der Waals surface area contributed by atoms with Gasteiger partial charge in [0.1, 0.15) is 0 Å². The van der Waals surface area contributed by atoms with E-state index in [0.717, 1.165) is 50.2 Å². The topological polar surface area (TPSA) is 51.0 Å². The lowest BCUT2D eigenvalue weighted by Crippen LogP contribution is -2.44. The molecule has 128 valence electrons. The molecule has 1 atom stereocenters. The summed E-state index contributed by atoms with van der Waals surface area (Å²) in [5.41, 5.74) is 1.18. The number of piperidine rings is 1. The molecule has 1 saturated heterocycles. The molecule has 2 aromatic heterocycles. The molecule has 1 aliphatic carbocycles. The van der Waals surface area contributed by atoms with Crippen molar-refractivity contribution in [3.63, 3.8) is 0 Å². The minimum Gasteiger partial charge on any atom is -0.337 e. The molecule has 24 heavy (non-hydrogen) atoms. The van der Waals surface area contributed by atoms with Crippen LogP contribution in [0.25, 0.3) is 0 Å². The van der Waals surface area contributed by atoms with E-state index in [1.807, 2.05) is 18.7 Å². The van der Waals surface area contributed by atoms with Crippen LogP contribution in [-0.4, -0.2) is 37.9 Å². The van der Waals surface area contributed by atoms with Gasteiger partial charge in [0.15, 0.2) is 5.01 Å². The van der Waals surface area contributed by atoms with Gasteiger partial charge in [-0.15, -0.1) is 11.3 Å². The van der Waals surface area contributed by atoms with Crippen LogP contribution in [0.5, 0.6) is 0 Å². The van der Waals surface area contributed by atoms with Crippen molar-refractivity contribution in [2.45, 2.75) is 64.0 Å². The predicted octanol–water partition coefficient (Wildman–Crippen LogP) is 3.30. The molecule has 0 aromatic carbocycles. The fourth-order valence-electron chi connectivity index (χ4n) is 3.85. The first-order valence-electron chi connectivity index (χ1n) is 9.06. The third-order valence-corrected chi connectivity index (χ3v) is 6.34. The summed E-state index contributed by atoms with van der Waals surface area (Å²) in [7, 11) is 0. The number of nitrogens with zero attached hydrogens (tertiary/aromatic N) is 4. The molecule has 0 saturated carbocycles. The number of imidazole rings is 1. The van der Waals surface area contributed by atoms with E-state index < -0.39 is 0 Å². The Balaban J connectivity index is 1.47. The molecular formula is C18H24N4OS. The molecule has 1 fully saturated rings. The van der Waals surface area contributed by atoms with Crippen LogP contribution >= 0.6 is 11.3 Å². The molecule has 4 rings (SSSR count). The average molecular weight is 344 g/mol. The zero-order valence-electron chi connectivity index (χ0n) is 14.0. The maximum absolute atomic E-state index is 13.0. The van der Waals surface area contributed by atoms with Crippen LogP contribution in [0.1, 0.15) is 58.9 Å². The highest BCUT2D eigenvalue weighted by Gasteiger charge is 2.30. The van der Waals surface area contributed by atoms with Crippen molar-refractivity contribution in [1.82, 2.24) is 19.4 Å². The first-order valence-corrected chi connectivity index (χ1v) is 9.88. The Kier molecular flexibility index (Phi) is 4.65. The highest BCUT2D eigenvalue weighted by Crippen LogP contribution is 2.29. The van der Waals surface area contributed by atoms with Crippen LogP contribution in [0.15, 0.2) is 18.7 Å². The zero-order chi connectivity index (χ0) is 16.4. The van der Waals surface area contributed by atoms with Gasteiger partial charge in [-0.2, -0.15) is 0 Å². The molecule has 6 heteroatoms. The number of amides is 1. The van der Waals surface area contributed by atoms with Crippen LogP contribution in [0.4, 0.5) is 0 Å². The number of aryl methyl sites for hydroxylation is 3. The second-order valence-corrected chi connectivity index (χ2v) is 7.92. The number of hydrogen-bond acceptors (Lipinski definition) is 4. The summed E-state index contributed by atoms with van der Waals surface area (Å²) in [4.78, 5) is 25.3. The first kappa shape index (κ1) is 15.8. The van der Waals surface area contributed by atoms with Crippen LogP contribution in [0.2, 0.25) is 0 Å². The van der Waals surface area contributed by atoms with E-state index in [-0.39, 0.29) is 5.91 Å². The molecular weight excluding hydrogens is 320 g/mol. The number of hydrogen-bond donors (Lipinski definition) is 0. The minimum absolute atomic E-state index is 0.157. The fourth-order valence-corrected chi connectivity index (χ4v) is 4.96. The Labute approximate surface area is 146 Å². The standard InChI is InChI=1S/C18H24N4OS/c23-18(17-20-15-6-1-2-7-16(15)24-17)22-10-4-3-5-14(22)8-11-21-12-9-19-13-21/h9,12-14H,1-8,10-11H2/t14-/m1/s1. The van der Waals surface area contributed by atoms with Gasteiger partial charge in [0.2, 0.25) is 0 Å². The minimum atomic E-state index is 0.157. The van der Waals surface area contributed by atoms with Crippen molar-refractivity contribution in [2.24, 2.45) is 0 Å². The van der Waals surface area contributed by atoms with Gasteiger partial charge < -0.3 is 9.47 Å². The largest absolute Gasteiger partial charge is 0.337 e. The van der Waals surface area contributed by atoms with Crippen molar-refractivity contribution in [3.05, 3.63) is 34.3 Å². The van der Waals surface area contributed by atoms with Gasteiger partial charge in [-0.25, -0.2) is 9.97 Å². The maximum atomic E-state index is 13.0. The Morgan fingerprint density at radius 2 is 2.17 bits per heavy atom. The molecule has 0 spiro atoms. The Bertz CT molecular complexity index is 670. The van der Waals surface area contributed by atoms with E-state index in [1.165, 1.54) is 29.8 Å². The zero-order valence-corrected chi connectivity index (χ0v) is 14.8. The first-order chi connectivity index (χ1) is 11.8. The average Bonchev–Trinajstić information content (AvgIpc) is 3.29. The van der Waals surface area contributed by atoms with E-state index in [0.29, 0.717) is 6.04 Å². The van der Waals surface area contributed by atoms with Gasteiger partial charge in [0.25, 0.3) is 5.91 Å². The molecule has 0 bridgehead atoms. The predicted molar refractivity (Wildman–Crippen MR) is 94.3 cm³/mol. The normalized spacial score (nSPS) is 20.8. The summed E-state index contributed by atoms with van der Waals surface area (Å²) in [6.45, 7) is 1.79. The van der Waals surface area contributed by atoms with Crippen molar-refractivity contribution in [2.75, 3.05) is 6.54 Å². The van der Waals surface area contributed by atoms with E-state index in [4.69, 9.17) is 0 Å². The van der Waals surface area contributed by atoms with Crippen molar-refractivity contribution >= 4 is 17.2 Å².